The smallest absolute Gasteiger partial charge is 0.336 e. The number of hydrogen-bond donors (Lipinski definition) is 3. The monoisotopic (exact) mass is 188 g/mol. The number of carboxylic acids is 2. The Kier molecular flexibility index (Phi) is 3.20. The molecule has 0 aliphatic heterocycles. The second-order valence-electron chi connectivity index (χ2n) is 3.00. The van der Waals surface area contributed by atoms with Gasteiger partial charge in [-0.05, 0) is 6.92 Å². The lowest BCUT2D eigenvalue weighted by Gasteiger charge is -2.25. The van der Waals surface area contributed by atoms with Crippen LogP contribution in [-0.4, -0.2) is 32.9 Å². The Bertz CT molecular complexity index is 253. The first-order valence-electron chi connectivity index (χ1n) is 3.59. The van der Waals surface area contributed by atoms with Crippen LogP contribution in [0.5, 0.6) is 0 Å². The molecule has 1 unspecified atom stereocenters. The molecule has 5 nitrogen and oxygen atoms in total. The van der Waals surface area contributed by atoms with E-state index < -0.39 is 23.5 Å². The summed E-state index contributed by atoms with van der Waals surface area (Å²) in [6.07, 6.45) is 0. The van der Waals surface area contributed by atoms with Gasteiger partial charge in [-0.3, -0.25) is 0 Å². The molecule has 0 radical (unpaired) electrons. The number of aliphatic carboxylic acids is 2. The molecule has 0 spiro atoms. The quantitative estimate of drug-likeness (QED) is 0.544. The zero-order valence-corrected chi connectivity index (χ0v) is 7.44. The van der Waals surface area contributed by atoms with Crippen molar-refractivity contribution in [3.05, 3.63) is 12.2 Å². The number of carbonyl (C=O) groups is 2. The summed E-state index contributed by atoms with van der Waals surface area (Å²) >= 11 is 0. The molecule has 3 N–H and O–H groups in total. The van der Waals surface area contributed by atoms with E-state index in [0.717, 1.165) is 6.92 Å². The minimum Gasteiger partial charge on any atom is -0.479 e. The standard InChI is InChI=1S/C8H12O5/c1-4(6(9)10)5(2)8(3,13)7(11)12/h5,13H,1H2,2-3H3,(H,9,10)(H,11,12)/t5?,8-/m1/s1. The van der Waals surface area contributed by atoms with Crippen LogP contribution in [-0.2, 0) is 9.59 Å². The van der Waals surface area contributed by atoms with Crippen LogP contribution in [0.25, 0.3) is 0 Å². The molecule has 0 aromatic carbocycles. The third-order valence-corrected chi connectivity index (χ3v) is 2.07. The van der Waals surface area contributed by atoms with Crippen molar-refractivity contribution >= 4 is 11.9 Å². The van der Waals surface area contributed by atoms with Crippen LogP contribution in [0.15, 0.2) is 12.2 Å². The van der Waals surface area contributed by atoms with Crippen molar-refractivity contribution in [3.63, 3.8) is 0 Å². The summed E-state index contributed by atoms with van der Waals surface area (Å²) in [6, 6.07) is 0. The van der Waals surface area contributed by atoms with Crippen molar-refractivity contribution in [2.24, 2.45) is 5.92 Å². The molecule has 0 rings (SSSR count). The van der Waals surface area contributed by atoms with Crippen LogP contribution < -0.4 is 0 Å². The minimum absolute atomic E-state index is 0.326. The highest BCUT2D eigenvalue weighted by atomic mass is 16.4. The molecule has 0 saturated heterocycles. The second-order valence-corrected chi connectivity index (χ2v) is 3.00. The summed E-state index contributed by atoms with van der Waals surface area (Å²) < 4.78 is 0. The van der Waals surface area contributed by atoms with E-state index in [1.807, 2.05) is 0 Å². The predicted molar refractivity (Wildman–Crippen MR) is 44.2 cm³/mol. The van der Waals surface area contributed by atoms with Gasteiger partial charge in [0.2, 0.25) is 0 Å². The van der Waals surface area contributed by atoms with Crippen LogP contribution in [0.3, 0.4) is 0 Å². The molecule has 0 saturated carbocycles. The van der Waals surface area contributed by atoms with Crippen molar-refractivity contribution in [1.29, 1.82) is 0 Å². The molecule has 0 heterocycles. The van der Waals surface area contributed by atoms with E-state index in [9.17, 15) is 14.7 Å². The normalized spacial score (nSPS) is 17.2. The fraction of sp³-hybridized carbons (Fsp3) is 0.500. The van der Waals surface area contributed by atoms with Crippen molar-refractivity contribution in [2.45, 2.75) is 19.4 Å². The molecule has 0 aromatic heterocycles. The molecular formula is C8H12O5. The Morgan fingerprint density at radius 2 is 1.77 bits per heavy atom. The van der Waals surface area contributed by atoms with E-state index in [1.54, 1.807) is 0 Å². The van der Waals surface area contributed by atoms with E-state index in [-0.39, 0.29) is 5.57 Å². The highest BCUT2D eigenvalue weighted by Crippen LogP contribution is 2.23. The molecule has 74 valence electrons. The van der Waals surface area contributed by atoms with Gasteiger partial charge in [0.15, 0.2) is 5.60 Å². The van der Waals surface area contributed by atoms with E-state index >= 15 is 0 Å². The lowest BCUT2D eigenvalue weighted by atomic mass is 9.85. The third kappa shape index (κ3) is 2.29. The molecule has 0 aromatic rings. The van der Waals surface area contributed by atoms with Gasteiger partial charge in [-0.25, -0.2) is 9.59 Å². The maximum absolute atomic E-state index is 10.5. The first-order valence-corrected chi connectivity index (χ1v) is 3.59. The van der Waals surface area contributed by atoms with Crippen LogP contribution in [0.4, 0.5) is 0 Å². The third-order valence-electron chi connectivity index (χ3n) is 2.07. The van der Waals surface area contributed by atoms with Gasteiger partial charge in [0.25, 0.3) is 0 Å². The number of carboxylic acid groups (broad SMARTS) is 2. The van der Waals surface area contributed by atoms with Gasteiger partial charge in [0.1, 0.15) is 0 Å². The average molecular weight is 188 g/mol. The summed E-state index contributed by atoms with van der Waals surface area (Å²) in [5.41, 5.74) is -2.43. The first-order chi connectivity index (χ1) is 5.71. The number of aliphatic hydroxyl groups is 1. The largest absolute Gasteiger partial charge is 0.479 e. The Hall–Kier alpha value is -1.36. The fourth-order valence-corrected chi connectivity index (χ4v) is 0.710. The van der Waals surface area contributed by atoms with Crippen LogP contribution >= 0.6 is 0 Å². The Labute approximate surface area is 75.3 Å². The molecule has 0 amide bonds. The van der Waals surface area contributed by atoms with Gasteiger partial charge in [0.05, 0.1) is 0 Å². The molecular weight excluding hydrogens is 176 g/mol. The second kappa shape index (κ2) is 3.57. The van der Waals surface area contributed by atoms with Gasteiger partial charge < -0.3 is 15.3 Å². The van der Waals surface area contributed by atoms with Crippen LogP contribution in [0, 0.1) is 5.92 Å². The van der Waals surface area contributed by atoms with Crippen molar-refractivity contribution in [1.82, 2.24) is 0 Å². The zero-order valence-electron chi connectivity index (χ0n) is 7.44. The summed E-state index contributed by atoms with van der Waals surface area (Å²) in [6.45, 7) is 5.51. The predicted octanol–water partition coefficient (Wildman–Crippen LogP) is 0.0989. The molecule has 0 aliphatic rings. The SMILES string of the molecule is C=C(C(=O)O)C(C)[C@@](C)(O)C(=O)O. The van der Waals surface area contributed by atoms with Gasteiger partial charge in [0, 0.05) is 11.5 Å². The number of rotatable bonds is 4. The average Bonchev–Trinajstić information content (AvgIpc) is 2.01. The van der Waals surface area contributed by atoms with Crippen molar-refractivity contribution in [2.75, 3.05) is 0 Å². The van der Waals surface area contributed by atoms with Gasteiger partial charge in [-0.1, -0.05) is 13.5 Å². The molecule has 0 fully saturated rings. The van der Waals surface area contributed by atoms with E-state index in [2.05, 4.69) is 6.58 Å². The topological polar surface area (TPSA) is 94.8 Å². The van der Waals surface area contributed by atoms with E-state index in [0.29, 0.717) is 0 Å². The van der Waals surface area contributed by atoms with Crippen molar-refractivity contribution in [3.8, 4) is 0 Å². The Balaban J connectivity index is 4.79. The van der Waals surface area contributed by atoms with Gasteiger partial charge >= 0.3 is 11.9 Å². The maximum Gasteiger partial charge on any atom is 0.336 e. The summed E-state index contributed by atoms with van der Waals surface area (Å²) in [5, 5.41) is 26.4. The minimum atomic E-state index is -2.10. The molecule has 13 heavy (non-hydrogen) atoms. The first kappa shape index (κ1) is 11.6. The molecule has 0 bridgehead atoms. The van der Waals surface area contributed by atoms with Crippen LogP contribution in [0.1, 0.15) is 13.8 Å². The highest BCUT2D eigenvalue weighted by molar-refractivity contribution is 5.89. The Morgan fingerprint density at radius 3 is 2.00 bits per heavy atom. The lowest BCUT2D eigenvalue weighted by Crippen LogP contribution is -2.43. The highest BCUT2D eigenvalue weighted by Gasteiger charge is 2.39. The molecule has 5 heteroatoms. The zero-order chi connectivity index (χ0) is 10.8. The van der Waals surface area contributed by atoms with Gasteiger partial charge in [-0.15, -0.1) is 0 Å². The van der Waals surface area contributed by atoms with Crippen LogP contribution in [0.2, 0.25) is 0 Å². The maximum atomic E-state index is 10.5. The van der Waals surface area contributed by atoms with E-state index in [1.165, 1.54) is 6.92 Å². The fourth-order valence-electron chi connectivity index (χ4n) is 0.710. The Morgan fingerprint density at radius 1 is 1.38 bits per heavy atom. The molecule has 0 aliphatic carbocycles. The van der Waals surface area contributed by atoms with Crippen molar-refractivity contribution < 1.29 is 24.9 Å². The lowest BCUT2D eigenvalue weighted by molar-refractivity contribution is -0.160. The summed E-state index contributed by atoms with van der Waals surface area (Å²) in [7, 11) is 0. The van der Waals surface area contributed by atoms with E-state index in [4.69, 9.17) is 10.2 Å². The van der Waals surface area contributed by atoms with Gasteiger partial charge in [-0.2, -0.15) is 0 Å². The summed E-state index contributed by atoms with van der Waals surface area (Å²) in [5.74, 6) is -3.82. The molecule has 2 atom stereocenters. The summed E-state index contributed by atoms with van der Waals surface area (Å²) in [4.78, 5) is 20.9. The number of hydrogen-bond acceptors (Lipinski definition) is 3.